The van der Waals surface area contributed by atoms with Gasteiger partial charge in [-0.2, -0.15) is 5.10 Å². The van der Waals surface area contributed by atoms with Crippen molar-refractivity contribution in [3.8, 4) is 5.75 Å². The summed E-state index contributed by atoms with van der Waals surface area (Å²) in [6, 6.07) is 3.39. The third-order valence-corrected chi connectivity index (χ3v) is 2.05. The average molecular weight is 189 g/mol. The van der Waals surface area contributed by atoms with E-state index in [-0.39, 0.29) is 11.7 Å². The summed E-state index contributed by atoms with van der Waals surface area (Å²) in [5, 5.41) is 17.2. The third kappa shape index (κ3) is 1.39. The fourth-order valence-corrected chi connectivity index (χ4v) is 1.35. The Labute approximate surface area is 81.6 Å². The van der Waals surface area contributed by atoms with Gasteiger partial charge < -0.3 is 5.11 Å². The van der Waals surface area contributed by atoms with Crippen LogP contribution in [0.3, 0.4) is 0 Å². The molecule has 2 heterocycles. The highest BCUT2D eigenvalue weighted by Gasteiger charge is 2.09. The minimum absolute atomic E-state index is 0.188. The topological polar surface area (TPSA) is 58.9 Å². The van der Waals surface area contributed by atoms with Gasteiger partial charge in [-0.15, -0.1) is 5.10 Å². The fraction of sp³-hybridized carbons (Fsp3) is 0.300. The molecule has 0 aliphatic heterocycles. The number of rotatable bonds is 1. The van der Waals surface area contributed by atoms with E-state index in [2.05, 4.69) is 15.2 Å². The van der Waals surface area contributed by atoms with E-state index in [1.165, 1.54) is 0 Å². The van der Waals surface area contributed by atoms with Gasteiger partial charge in [0.1, 0.15) is 11.3 Å². The van der Waals surface area contributed by atoms with Crippen molar-refractivity contribution < 1.29 is 5.11 Å². The summed E-state index contributed by atoms with van der Waals surface area (Å²) in [6.07, 6.45) is 1.59. The van der Waals surface area contributed by atoms with Gasteiger partial charge in [0.15, 0.2) is 0 Å². The number of hydrogen-bond donors (Lipinski definition) is 1. The Hall–Kier alpha value is -1.71. The van der Waals surface area contributed by atoms with Crippen LogP contribution in [0.15, 0.2) is 18.3 Å². The summed E-state index contributed by atoms with van der Waals surface area (Å²) in [5.74, 6) is 0.389. The number of hydrogen-bond acceptors (Lipinski definition) is 4. The molecule has 0 atom stereocenters. The maximum absolute atomic E-state index is 9.65. The second kappa shape index (κ2) is 3.21. The highest BCUT2D eigenvalue weighted by molar-refractivity contribution is 5.75. The predicted octanol–water partition coefficient (Wildman–Crippen LogP) is 1.85. The molecule has 0 saturated carbocycles. The van der Waals surface area contributed by atoms with E-state index in [0.29, 0.717) is 11.2 Å². The molecule has 4 nitrogen and oxygen atoms in total. The van der Waals surface area contributed by atoms with Crippen molar-refractivity contribution in [1.82, 2.24) is 15.2 Å². The van der Waals surface area contributed by atoms with Crippen molar-refractivity contribution in [3.63, 3.8) is 0 Å². The van der Waals surface area contributed by atoms with E-state index in [1.807, 2.05) is 13.8 Å². The minimum atomic E-state index is 0.188. The third-order valence-electron chi connectivity index (χ3n) is 2.05. The molecule has 2 rings (SSSR count). The zero-order valence-electron chi connectivity index (χ0n) is 8.10. The minimum Gasteiger partial charge on any atom is -0.506 e. The predicted molar refractivity (Wildman–Crippen MR) is 53.1 cm³/mol. The van der Waals surface area contributed by atoms with Crippen LogP contribution in [0.4, 0.5) is 0 Å². The maximum Gasteiger partial charge on any atom is 0.139 e. The Morgan fingerprint density at radius 3 is 2.79 bits per heavy atom. The lowest BCUT2D eigenvalue weighted by atomic mass is 10.1. The van der Waals surface area contributed by atoms with Crippen LogP contribution < -0.4 is 0 Å². The number of pyridine rings is 1. The van der Waals surface area contributed by atoms with E-state index in [9.17, 15) is 5.11 Å². The van der Waals surface area contributed by atoms with Gasteiger partial charge in [-0.25, -0.2) is 4.98 Å². The van der Waals surface area contributed by atoms with Gasteiger partial charge in [0.2, 0.25) is 0 Å². The van der Waals surface area contributed by atoms with E-state index in [4.69, 9.17) is 0 Å². The molecule has 0 aromatic carbocycles. The van der Waals surface area contributed by atoms with E-state index >= 15 is 0 Å². The van der Waals surface area contributed by atoms with Crippen LogP contribution in [-0.4, -0.2) is 20.3 Å². The Balaban J connectivity index is 2.71. The second-order valence-electron chi connectivity index (χ2n) is 3.48. The van der Waals surface area contributed by atoms with Crippen LogP contribution in [0.5, 0.6) is 5.75 Å². The van der Waals surface area contributed by atoms with E-state index in [1.54, 1.807) is 18.3 Å². The van der Waals surface area contributed by atoms with Crippen molar-refractivity contribution in [1.29, 1.82) is 0 Å². The second-order valence-corrected chi connectivity index (χ2v) is 3.48. The van der Waals surface area contributed by atoms with Gasteiger partial charge in [0, 0.05) is 6.07 Å². The first-order valence-corrected chi connectivity index (χ1v) is 4.50. The largest absolute Gasteiger partial charge is 0.506 e. The number of aromatic nitrogens is 3. The summed E-state index contributed by atoms with van der Waals surface area (Å²) >= 11 is 0. The molecule has 14 heavy (non-hydrogen) atoms. The summed E-state index contributed by atoms with van der Waals surface area (Å²) in [6.45, 7) is 3.98. The van der Waals surface area contributed by atoms with Crippen LogP contribution in [0.25, 0.3) is 11.0 Å². The number of aromatic hydroxyl groups is 1. The Morgan fingerprint density at radius 2 is 2.07 bits per heavy atom. The maximum atomic E-state index is 9.65. The van der Waals surface area contributed by atoms with Gasteiger partial charge in [-0.05, 0) is 12.0 Å². The molecule has 4 heteroatoms. The van der Waals surface area contributed by atoms with Gasteiger partial charge in [0.25, 0.3) is 0 Å². The average Bonchev–Trinajstić information content (AvgIpc) is 2.16. The van der Waals surface area contributed by atoms with Crippen molar-refractivity contribution in [3.05, 3.63) is 24.0 Å². The first-order valence-electron chi connectivity index (χ1n) is 4.50. The summed E-state index contributed by atoms with van der Waals surface area (Å²) in [5.41, 5.74) is 2.08. The first-order chi connectivity index (χ1) is 6.68. The molecule has 0 radical (unpaired) electrons. The molecule has 2 aromatic rings. The van der Waals surface area contributed by atoms with Crippen molar-refractivity contribution in [2.75, 3.05) is 0 Å². The number of nitrogens with zero attached hydrogens (tertiary/aromatic N) is 3. The molecule has 0 spiro atoms. The SMILES string of the molecule is CC(C)c1nc2ccnnc2cc1O. The summed E-state index contributed by atoms with van der Waals surface area (Å²) in [7, 11) is 0. The smallest absolute Gasteiger partial charge is 0.139 e. The van der Waals surface area contributed by atoms with Crippen LogP contribution in [0.2, 0.25) is 0 Å². The lowest BCUT2D eigenvalue weighted by molar-refractivity contribution is 0.461. The van der Waals surface area contributed by atoms with Gasteiger partial charge in [0.05, 0.1) is 17.4 Å². The lowest BCUT2D eigenvalue weighted by Gasteiger charge is -2.07. The molecule has 0 saturated heterocycles. The Morgan fingerprint density at radius 1 is 1.29 bits per heavy atom. The van der Waals surface area contributed by atoms with Crippen LogP contribution in [0.1, 0.15) is 25.5 Å². The molecule has 2 aromatic heterocycles. The number of fused-ring (bicyclic) bond motifs is 1. The molecule has 72 valence electrons. The molecule has 0 fully saturated rings. The van der Waals surface area contributed by atoms with Crippen LogP contribution >= 0.6 is 0 Å². The monoisotopic (exact) mass is 189 g/mol. The molecule has 1 N–H and O–H groups in total. The van der Waals surface area contributed by atoms with Crippen LogP contribution in [-0.2, 0) is 0 Å². The van der Waals surface area contributed by atoms with E-state index < -0.39 is 0 Å². The van der Waals surface area contributed by atoms with Crippen LogP contribution in [0, 0.1) is 0 Å². The molecule has 0 aliphatic carbocycles. The highest BCUT2D eigenvalue weighted by Crippen LogP contribution is 2.25. The molecular formula is C10H11N3O. The van der Waals surface area contributed by atoms with Gasteiger partial charge >= 0.3 is 0 Å². The molecule has 0 aliphatic rings. The highest BCUT2D eigenvalue weighted by atomic mass is 16.3. The molecule has 0 unspecified atom stereocenters. The molecule has 0 bridgehead atoms. The van der Waals surface area contributed by atoms with Crippen molar-refractivity contribution in [2.45, 2.75) is 19.8 Å². The lowest BCUT2D eigenvalue weighted by Crippen LogP contribution is -1.95. The summed E-state index contributed by atoms with van der Waals surface area (Å²) < 4.78 is 0. The molecular weight excluding hydrogens is 178 g/mol. The first kappa shape index (κ1) is 8.87. The zero-order valence-corrected chi connectivity index (χ0v) is 8.10. The van der Waals surface area contributed by atoms with Crippen molar-refractivity contribution in [2.24, 2.45) is 0 Å². The molecule has 0 amide bonds. The van der Waals surface area contributed by atoms with Gasteiger partial charge in [-0.3, -0.25) is 0 Å². The quantitative estimate of drug-likeness (QED) is 0.743. The van der Waals surface area contributed by atoms with Crippen molar-refractivity contribution >= 4 is 11.0 Å². The van der Waals surface area contributed by atoms with E-state index in [0.717, 1.165) is 5.52 Å². The Kier molecular flexibility index (Phi) is 2.04. The standard InChI is InChI=1S/C10H11N3O/c1-6(2)10-9(14)5-8-7(12-10)3-4-11-13-8/h3-6,14H,1-2H3. The Bertz CT molecular complexity index is 468. The zero-order chi connectivity index (χ0) is 10.1. The normalized spacial score (nSPS) is 11.1. The fourth-order valence-electron chi connectivity index (χ4n) is 1.35. The van der Waals surface area contributed by atoms with Gasteiger partial charge in [-0.1, -0.05) is 13.8 Å². The summed E-state index contributed by atoms with van der Waals surface area (Å²) in [4.78, 5) is 4.32.